The minimum absolute atomic E-state index is 0.0965. The molecule has 0 aliphatic rings. The number of hydrogen-bond acceptors (Lipinski definition) is 3. The van der Waals surface area contributed by atoms with Gasteiger partial charge < -0.3 is 10.8 Å². The number of halogens is 2. The summed E-state index contributed by atoms with van der Waals surface area (Å²) in [6.07, 6.45) is 1.18. The van der Waals surface area contributed by atoms with Gasteiger partial charge in [0.2, 0.25) is 0 Å². The van der Waals surface area contributed by atoms with Crippen molar-refractivity contribution in [3.05, 3.63) is 16.5 Å². The summed E-state index contributed by atoms with van der Waals surface area (Å²) in [5.74, 6) is -1.61. The Balaban J connectivity index is 3.34. The van der Waals surface area contributed by atoms with E-state index in [1.165, 1.54) is 6.20 Å². The smallest absolute Gasteiger partial charge is 0.195 e. The predicted octanol–water partition coefficient (Wildman–Crippen LogP) is 1.27. The summed E-state index contributed by atoms with van der Waals surface area (Å²) in [5, 5.41) is 8.79. The molecule has 3 nitrogen and oxygen atoms in total. The highest BCUT2D eigenvalue weighted by Gasteiger charge is 2.08. The number of aromatic hydroxyl groups is 1. The first kappa shape index (κ1) is 7.27. The van der Waals surface area contributed by atoms with Gasteiger partial charge in [0.25, 0.3) is 0 Å². The standard InChI is InChI=1S/C5H4BrFN2O/c6-2-1-9-5(8)4(10)3(2)7/h1,10H,(H2,8,9). The summed E-state index contributed by atoms with van der Waals surface area (Å²) in [5.41, 5.74) is 5.07. The summed E-state index contributed by atoms with van der Waals surface area (Å²) in [7, 11) is 0. The highest BCUT2D eigenvalue weighted by Crippen LogP contribution is 2.26. The van der Waals surface area contributed by atoms with Crippen molar-refractivity contribution in [1.82, 2.24) is 4.98 Å². The van der Waals surface area contributed by atoms with Crippen LogP contribution in [0.5, 0.6) is 5.75 Å². The van der Waals surface area contributed by atoms with Gasteiger partial charge in [-0.25, -0.2) is 9.37 Å². The zero-order chi connectivity index (χ0) is 7.72. The molecule has 0 aliphatic heterocycles. The van der Waals surface area contributed by atoms with E-state index in [1.807, 2.05) is 0 Å². The summed E-state index contributed by atoms with van der Waals surface area (Å²) in [6.45, 7) is 0. The van der Waals surface area contributed by atoms with Crippen molar-refractivity contribution in [3.63, 3.8) is 0 Å². The number of nitrogen functional groups attached to an aromatic ring is 1. The molecule has 0 saturated heterocycles. The van der Waals surface area contributed by atoms with E-state index in [4.69, 9.17) is 10.8 Å². The van der Waals surface area contributed by atoms with E-state index in [9.17, 15) is 4.39 Å². The normalized spacial score (nSPS) is 9.80. The van der Waals surface area contributed by atoms with Gasteiger partial charge in [-0.3, -0.25) is 0 Å². The van der Waals surface area contributed by atoms with E-state index >= 15 is 0 Å². The first-order valence-electron chi connectivity index (χ1n) is 2.41. The number of pyridine rings is 1. The second kappa shape index (κ2) is 2.42. The number of hydrogen-bond donors (Lipinski definition) is 2. The second-order valence-electron chi connectivity index (χ2n) is 1.65. The molecule has 1 heterocycles. The Morgan fingerprint density at radius 1 is 1.70 bits per heavy atom. The van der Waals surface area contributed by atoms with Crippen LogP contribution in [0.1, 0.15) is 0 Å². The van der Waals surface area contributed by atoms with E-state index in [0.717, 1.165) is 0 Å². The molecule has 1 aromatic rings. The summed E-state index contributed by atoms with van der Waals surface area (Å²) < 4.78 is 12.7. The number of aromatic nitrogens is 1. The molecule has 0 atom stereocenters. The number of rotatable bonds is 0. The lowest BCUT2D eigenvalue weighted by Gasteiger charge is -1.98. The molecule has 0 radical (unpaired) electrons. The van der Waals surface area contributed by atoms with Crippen molar-refractivity contribution >= 4 is 21.7 Å². The van der Waals surface area contributed by atoms with Crippen LogP contribution in [0.25, 0.3) is 0 Å². The number of nitrogens with two attached hydrogens (primary N) is 1. The monoisotopic (exact) mass is 206 g/mol. The highest BCUT2D eigenvalue weighted by molar-refractivity contribution is 9.10. The Hall–Kier alpha value is -0.840. The molecule has 0 fully saturated rings. The average Bonchev–Trinajstić information content (AvgIpc) is 1.93. The largest absolute Gasteiger partial charge is 0.502 e. The fourth-order valence-corrected chi connectivity index (χ4v) is 0.760. The summed E-state index contributed by atoms with van der Waals surface area (Å²) >= 11 is 2.83. The first-order valence-corrected chi connectivity index (χ1v) is 3.20. The molecule has 0 saturated carbocycles. The van der Waals surface area contributed by atoms with E-state index < -0.39 is 11.6 Å². The van der Waals surface area contributed by atoms with Crippen LogP contribution < -0.4 is 5.73 Å². The van der Waals surface area contributed by atoms with Crippen LogP contribution in [-0.4, -0.2) is 10.1 Å². The van der Waals surface area contributed by atoms with Gasteiger partial charge >= 0.3 is 0 Å². The van der Waals surface area contributed by atoms with Crippen molar-refractivity contribution in [1.29, 1.82) is 0 Å². The van der Waals surface area contributed by atoms with Crippen LogP contribution in [0.3, 0.4) is 0 Å². The van der Waals surface area contributed by atoms with Crippen molar-refractivity contribution < 1.29 is 9.50 Å². The molecule has 54 valence electrons. The Morgan fingerprint density at radius 2 is 2.30 bits per heavy atom. The van der Waals surface area contributed by atoms with Gasteiger partial charge in [0, 0.05) is 6.20 Å². The topological polar surface area (TPSA) is 59.1 Å². The third kappa shape index (κ3) is 1.04. The van der Waals surface area contributed by atoms with Crippen LogP contribution in [0.4, 0.5) is 10.2 Å². The molecule has 0 bridgehead atoms. The molecule has 3 N–H and O–H groups in total. The van der Waals surface area contributed by atoms with E-state index in [2.05, 4.69) is 20.9 Å². The highest BCUT2D eigenvalue weighted by atomic mass is 79.9. The van der Waals surface area contributed by atoms with Crippen LogP contribution in [-0.2, 0) is 0 Å². The molecular formula is C5H4BrFN2O. The van der Waals surface area contributed by atoms with Gasteiger partial charge in [-0.1, -0.05) is 0 Å². The Morgan fingerprint density at radius 3 is 2.80 bits per heavy atom. The minimum Gasteiger partial charge on any atom is -0.502 e. The van der Waals surface area contributed by atoms with Crippen molar-refractivity contribution in [2.75, 3.05) is 5.73 Å². The SMILES string of the molecule is Nc1ncc(Br)c(F)c1O. The van der Waals surface area contributed by atoms with Gasteiger partial charge in [-0.05, 0) is 15.9 Å². The fraction of sp³-hybridized carbons (Fsp3) is 0. The number of anilines is 1. The van der Waals surface area contributed by atoms with Gasteiger partial charge in [-0.2, -0.15) is 0 Å². The minimum atomic E-state index is -0.785. The Kier molecular flexibility index (Phi) is 1.76. The van der Waals surface area contributed by atoms with Gasteiger partial charge in [-0.15, -0.1) is 0 Å². The third-order valence-corrected chi connectivity index (χ3v) is 1.53. The number of nitrogens with zero attached hydrogens (tertiary/aromatic N) is 1. The second-order valence-corrected chi connectivity index (χ2v) is 2.51. The molecular weight excluding hydrogens is 203 g/mol. The molecule has 1 rings (SSSR count). The van der Waals surface area contributed by atoms with Crippen LogP contribution in [0.2, 0.25) is 0 Å². The first-order chi connectivity index (χ1) is 4.63. The van der Waals surface area contributed by atoms with Gasteiger partial charge in [0.15, 0.2) is 17.4 Å². The lowest BCUT2D eigenvalue weighted by atomic mass is 10.4. The lowest BCUT2D eigenvalue weighted by Crippen LogP contribution is -1.92. The van der Waals surface area contributed by atoms with Crippen molar-refractivity contribution in [2.45, 2.75) is 0 Å². The molecule has 5 heteroatoms. The van der Waals surface area contributed by atoms with Crippen LogP contribution in [0.15, 0.2) is 10.7 Å². The average molecular weight is 207 g/mol. The lowest BCUT2D eigenvalue weighted by molar-refractivity contribution is 0.430. The molecule has 0 amide bonds. The van der Waals surface area contributed by atoms with E-state index in [0.29, 0.717) is 0 Å². The van der Waals surface area contributed by atoms with E-state index in [1.54, 1.807) is 0 Å². The maximum absolute atomic E-state index is 12.6. The maximum atomic E-state index is 12.6. The molecule has 1 aromatic heterocycles. The summed E-state index contributed by atoms with van der Waals surface area (Å²) in [6, 6.07) is 0. The maximum Gasteiger partial charge on any atom is 0.195 e. The quantitative estimate of drug-likeness (QED) is 0.673. The third-order valence-electron chi connectivity index (χ3n) is 0.977. The van der Waals surface area contributed by atoms with Crippen molar-refractivity contribution in [3.8, 4) is 5.75 Å². The molecule has 10 heavy (non-hydrogen) atoms. The molecule has 0 unspecified atom stereocenters. The van der Waals surface area contributed by atoms with Gasteiger partial charge in [0.05, 0.1) is 4.47 Å². The molecule has 0 spiro atoms. The fourth-order valence-electron chi connectivity index (χ4n) is 0.470. The summed E-state index contributed by atoms with van der Waals surface area (Å²) in [4.78, 5) is 3.48. The van der Waals surface area contributed by atoms with Gasteiger partial charge in [0.1, 0.15) is 0 Å². The predicted molar refractivity (Wildman–Crippen MR) is 38.0 cm³/mol. The van der Waals surface area contributed by atoms with E-state index in [-0.39, 0.29) is 10.3 Å². The Bertz CT molecular complexity index is 239. The zero-order valence-corrected chi connectivity index (χ0v) is 6.39. The molecule has 0 aliphatic carbocycles. The van der Waals surface area contributed by atoms with Crippen molar-refractivity contribution in [2.24, 2.45) is 0 Å². The van der Waals surface area contributed by atoms with Crippen LogP contribution >= 0.6 is 15.9 Å². The zero-order valence-electron chi connectivity index (χ0n) is 4.81. The molecule has 0 aromatic carbocycles. The Labute approximate surface area is 64.8 Å². The van der Waals surface area contributed by atoms with Crippen LogP contribution in [0, 0.1) is 5.82 Å².